The first kappa shape index (κ1) is 13.9. The van der Waals surface area contributed by atoms with Crippen LogP contribution in [0.15, 0.2) is 30.6 Å². The van der Waals surface area contributed by atoms with Crippen molar-refractivity contribution in [2.45, 2.75) is 19.9 Å². The van der Waals surface area contributed by atoms with Crippen molar-refractivity contribution in [3.63, 3.8) is 0 Å². The van der Waals surface area contributed by atoms with Crippen molar-refractivity contribution in [1.29, 1.82) is 0 Å². The van der Waals surface area contributed by atoms with Crippen LogP contribution in [-0.2, 0) is 11.3 Å². The second kappa shape index (κ2) is 6.59. The average molecular weight is 280 g/mol. The Morgan fingerprint density at radius 1 is 1.42 bits per heavy atom. The number of aryl methyl sites for hydroxylation is 2. The first-order chi connectivity index (χ1) is 9.20. The van der Waals surface area contributed by atoms with Gasteiger partial charge in [0.15, 0.2) is 0 Å². The number of anilines is 2. The van der Waals surface area contributed by atoms with Crippen LogP contribution in [0, 0.1) is 6.92 Å². The van der Waals surface area contributed by atoms with Crippen LogP contribution in [0.5, 0.6) is 0 Å². The molecule has 0 aliphatic rings. The third kappa shape index (κ3) is 3.72. The van der Waals surface area contributed by atoms with Gasteiger partial charge in [-0.1, -0.05) is 17.7 Å². The molecule has 1 N–H and O–H groups in total. The summed E-state index contributed by atoms with van der Waals surface area (Å²) in [7, 11) is 1.71. The predicted molar refractivity (Wildman–Crippen MR) is 78.2 cm³/mol. The number of hydrogen-bond acceptors (Lipinski definition) is 3. The minimum absolute atomic E-state index is 0.700. The molecule has 0 fully saturated rings. The predicted octanol–water partition coefficient (Wildman–Crippen LogP) is 3.63. The molecule has 19 heavy (non-hydrogen) atoms. The summed E-state index contributed by atoms with van der Waals surface area (Å²) in [5, 5.41) is 3.95. The summed E-state index contributed by atoms with van der Waals surface area (Å²) in [6.07, 6.45) is 4.67. The number of nitrogens with zero attached hydrogens (tertiary/aromatic N) is 2. The molecule has 1 heterocycles. The molecule has 0 atom stereocenters. The van der Waals surface area contributed by atoms with Gasteiger partial charge in [0.2, 0.25) is 5.95 Å². The van der Waals surface area contributed by atoms with Crippen LogP contribution in [0.4, 0.5) is 11.6 Å². The molecule has 0 unspecified atom stereocenters. The maximum absolute atomic E-state index is 6.21. The van der Waals surface area contributed by atoms with E-state index in [4.69, 9.17) is 16.3 Å². The number of halogens is 1. The zero-order valence-electron chi connectivity index (χ0n) is 11.2. The Kier molecular flexibility index (Phi) is 4.82. The van der Waals surface area contributed by atoms with Crippen LogP contribution >= 0.6 is 11.6 Å². The Labute approximate surface area is 118 Å². The van der Waals surface area contributed by atoms with E-state index >= 15 is 0 Å². The maximum atomic E-state index is 6.21. The van der Waals surface area contributed by atoms with E-state index in [-0.39, 0.29) is 0 Å². The van der Waals surface area contributed by atoms with Gasteiger partial charge in [-0.25, -0.2) is 4.98 Å². The summed E-state index contributed by atoms with van der Waals surface area (Å²) in [5.41, 5.74) is 2.01. The lowest BCUT2D eigenvalue weighted by Gasteiger charge is -2.11. The van der Waals surface area contributed by atoms with Gasteiger partial charge in [0.1, 0.15) is 0 Å². The zero-order chi connectivity index (χ0) is 13.7. The van der Waals surface area contributed by atoms with Crippen molar-refractivity contribution in [2.24, 2.45) is 0 Å². The molecule has 2 aromatic rings. The molecule has 5 heteroatoms. The SMILES string of the molecule is COCCCn1ccnc1Nc1ccc(C)cc1Cl. The molecular formula is C14H18ClN3O. The van der Waals surface area contributed by atoms with Crippen LogP contribution in [0.1, 0.15) is 12.0 Å². The van der Waals surface area contributed by atoms with Gasteiger partial charge in [0, 0.05) is 32.7 Å². The molecular weight excluding hydrogens is 262 g/mol. The van der Waals surface area contributed by atoms with Gasteiger partial charge in [-0.3, -0.25) is 0 Å². The van der Waals surface area contributed by atoms with E-state index in [9.17, 15) is 0 Å². The molecule has 4 nitrogen and oxygen atoms in total. The second-order valence-electron chi connectivity index (χ2n) is 4.40. The Balaban J connectivity index is 2.08. The highest BCUT2D eigenvalue weighted by molar-refractivity contribution is 6.33. The summed E-state index contributed by atoms with van der Waals surface area (Å²) in [5.74, 6) is 0.793. The number of benzene rings is 1. The molecule has 0 spiro atoms. The fraction of sp³-hybridized carbons (Fsp3) is 0.357. The molecule has 1 aromatic heterocycles. The Bertz CT molecular complexity index is 539. The Hall–Kier alpha value is -1.52. The van der Waals surface area contributed by atoms with E-state index in [0.717, 1.165) is 36.8 Å². The van der Waals surface area contributed by atoms with Gasteiger partial charge >= 0.3 is 0 Å². The van der Waals surface area contributed by atoms with Crippen LogP contribution in [0.25, 0.3) is 0 Å². The lowest BCUT2D eigenvalue weighted by atomic mass is 10.2. The molecule has 0 bridgehead atoms. The summed E-state index contributed by atoms with van der Waals surface area (Å²) in [6, 6.07) is 5.92. The van der Waals surface area contributed by atoms with Gasteiger partial charge in [0.05, 0.1) is 10.7 Å². The third-order valence-corrected chi connectivity index (χ3v) is 3.15. The summed E-state index contributed by atoms with van der Waals surface area (Å²) in [4.78, 5) is 4.31. The van der Waals surface area contributed by atoms with Crippen LogP contribution in [0.3, 0.4) is 0 Å². The lowest BCUT2D eigenvalue weighted by Crippen LogP contribution is -2.05. The molecule has 0 radical (unpaired) electrons. The molecule has 0 aliphatic heterocycles. The van der Waals surface area contributed by atoms with E-state index in [1.165, 1.54) is 0 Å². The highest BCUT2D eigenvalue weighted by Crippen LogP contribution is 2.25. The summed E-state index contributed by atoms with van der Waals surface area (Å²) >= 11 is 6.21. The summed E-state index contributed by atoms with van der Waals surface area (Å²) < 4.78 is 7.11. The highest BCUT2D eigenvalue weighted by atomic mass is 35.5. The molecule has 102 valence electrons. The molecule has 0 saturated carbocycles. The molecule has 2 rings (SSSR count). The highest BCUT2D eigenvalue weighted by Gasteiger charge is 2.06. The fourth-order valence-corrected chi connectivity index (χ4v) is 2.12. The molecule has 1 aromatic carbocycles. The number of aromatic nitrogens is 2. The molecule has 0 aliphatic carbocycles. The van der Waals surface area contributed by atoms with E-state index in [0.29, 0.717) is 5.02 Å². The minimum atomic E-state index is 0.700. The Morgan fingerprint density at radius 2 is 2.26 bits per heavy atom. The number of methoxy groups -OCH3 is 1. The monoisotopic (exact) mass is 279 g/mol. The van der Waals surface area contributed by atoms with Gasteiger partial charge in [-0.2, -0.15) is 0 Å². The number of nitrogens with one attached hydrogen (secondary N) is 1. The van der Waals surface area contributed by atoms with E-state index in [1.54, 1.807) is 13.3 Å². The topological polar surface area (TPSA) is 39.1 Å². The van der Waals surface area contributed by atoms with Crippen molar-refractivity contribution in [3.05, 3.63) is 41.2 Å². The van der Waals surface area contributed by atoms with Crippen molar-refractivity contribution in [3.8, 4) is 0 Å². The second-order valence-corrected chi connectivity index (χ2v) is 4.81. The summed E-state index contributed by atoms with van der Waals surface area (Å²) in [6.45, 7) is 3.61. The Morgan fingerprint density at radius 3 is 3.00 bits per heavy atom. The van der Waals surface area contributed by atoms with Crippen molar-refractivity contribution < 1.29 is 4.74 Å². The standard InChI is InChI=1S/C14H18ClN3O/c1-11-4-5-13(12(15)10-11)17-14-16-6-8-18(14)7-3-9-19-2/h4-6,8,10H,3,7,9H2,1-2H3,(H,16,17). The van der Waals surface area contributed by atoms with Crippen LogP contribution in [-0.4, -0.2) is 23.3 Å². The minimum Gasteiger partial charge on any atom is -0.385 e. The molecule has 0 saturated heterocycles. The third-order valence-electron chi connectivity index (χ3n) is 2.83. The quantitative estimate of drug-likeness (QED) is 0.821. The van der Waals surface area contributed by atoms with E-state index in [1.807, 2.05) is 31.3 Å². The fourth-order valence-electron chi connectivity index (χ4n) is 1.83. The number of rotatable bonds is 6. The first-order valence-corrected chi connectivity index (χ1v) is 6.62. The zero-order valence-corrected chi connectivity index (χ0v) is 11.9. The number of ether oxygens (including phenoxy) is 1. The molecule has 0 amide bonds. The van der Waals surface area contributed by atoms with E-state index < -0.39 is 0 Å². The first-order valence-electron chi connectivity index (χ1n) is 6.24. The van der Waals surface area contributed by atoms with Gasteiger partial charge in [-0.15, -0.1) is 0 Å². The lowest BCUT2D eigenvalue weighted by molar-refractivity contribution is 0.190. The smallest absolute Gasteiger partial charge is 0.207 e. The van der Waals surface area contributed by atoms with Gasteiger partial charge in [0.25, 0.3) is 0 Å². The normalized spacial score (nSPS) is 10.7. The average Bonchev–Trinajstić information content (AvgIpc) is 2.81. The number of imidazole rings is 1. The largest absolute Gasteiger partial charge is 0.385 e. The van der Waals surface area contributed by atoms with Crippen LogP contribution < -0.4 is 5.32 Å². The van der Waals surface area contributed by atoms with Crippen molar-refractivity contribution in [1.82, 2.24) is 9.55 Å². The van der Waals surface area contributed by atoms with Gasteiger partial charge < -0.3 is 14.6 Å². The van der Waals surface area contributed by atoms with E-state index in [2.05, 4.69) is 14.9 Å². The van der Waals surface area contributed by atoms with Gasteiger partial charge in [-0.05, 0) is 31.0 Å². The van der Waals surface area contributed by atoms with Crippen molar-refractivity contribution >= 4 is 23.2 Å². The maximum Gasteiger partial charge on any atom is 0.207 e. The number of hydrogen-bond donors (Lipinski definition) is 1. The van der Waals surface area contributed by atoms with Crippen LogP contribution in [0.2, 0.25) is 5.02 Å². The van der Waals surface area contributed by atoms with Crippen molar-refractivity contribution in [2.75, 3.05) is 19.0 Å².